The van der Waals surface area contributed by atoms with Gasteiger partial charge in [-0.2, -0.15) is 0 Å². The molecule has 0 spiro atoms. The van der Waals surface area contributed by atoms with E-state index in [-0.39, 0.29) is 0 Å². The average Bonchev–Trinajstić information content (AvgIpc) is 2.97. The van der Waals surface area contributed by atoms with Crippen LogP contribution in [-0.2, 0) is 47.6 Å². The summed E-state index contributed by atoms with van der Waals surface area (Å²) in [6, 6.07) is 0. The van der Waals surface area contributed by atoms with Crippen LogP contribution in [0, 0.1) is 0 Å². The molecule has 2 rings (SSSR count). The SMILES string of the molecule is COC(=O)/C=C/C(=O)OCCCCCN1CCOCC1.COC(=O)/C=C/C(=O)OCCCCN1CCOCC1. The Kier molecular flexibility index (Phi) is 20.3. The standard InChI is InChI=1S/C14H23NO5.C13H21NO5/c1-18-13(16)5-6-14(17)20-10-4-2-3-7-15-8-11-19-12-9-15;1-17-12(15)4-5-13(16)19-9-3-2-6-14-7-10-18-11-8-14/h5-6H,2-4,7-12H2,1H3;4-5H,2-3,6-11H2,1H3/b6-5+;5-4+. The molecule has 12 heteroatoms. The molecule has 0 aromatic rings. The van der Waals surface area contributed by atoms with E-state index in [4.69, 9.17) is 18.9 Å². The third kappa shape index (κ3) is 19.9. The lowest BCUT2D eigenvalue weighted by molar-refractivity contribution is -0.139. The highest BCUT2D eigenvalue weighted by Gasteiger charge is 2.10. The summed E-state index contributed by atoms with van der Waals surface area (Å²) in [5, 5.41) is 0. The van der Waals surface area contributed by atoms with Gasteiger partial charge in [0.1, 0.15) is 0 Å². The Hall–Kier alpha value is -2.80. The molecule has 2 fully saturated rings. The fourth-order valence-electron chi connectivity index (χ4n) is 3.55. The Bertz CT molecular complexity index is 760. The van der Waals surface area contributed by atoms with Crippen LogP contribution >= 0.6 is 0 Å². The lowest BCUT2D eigenvalue weighted by atomic mass is 10.2. The summed E-state index contributed by atoms with van der Waals surface area (Å²) in [5.74, 6) is -2.16. The molecule has 2 heterocycles. The number of methoxy groups -OCH3 is 2. The van der Waals surface area contributed by atoms with Crippen molar-refractivity contribution in [1.29, 1.82) is 0 Å². The van der Waals surface area contributed by atoms with Gasteiger partial charge in [0.05, 0.1) is 53.9 Å². The normalized spacial score (nSPS) is 16.4. The molecule has 12 nitrogen and oxygen atoms in total. The number of rotatable bonds is 15. The molecule has 0 aliphatic carbocycles. The number of morpholine rings is 2. The summed E-state index contributed by atoms with van der Waals surface area (Å²) >= 11 is 0. The van der Waals surface area contributed by atoms with E-state index in [1.807, 2.05) is 0 Å². The Balaban J connectivity index is 0.000000391. The first-order valence-electron chi connectivity index (χ1n) is 13.4. The van der Waals surface area contributed by atoms with Gasteiger partial charge in [0.25, 0.3) is 0 Å². The molecular formula is C27H44N2O10. The molecule has 0 saturated carbocycles. The van der Waals surface area contributed by atoms with Crippen LogP contribution in [-0.4, -0.2) is 127 Å². The van der Waals surface area contributed by atoms with Crippen molar-refractivity contribution in [2.45, 2.75) is 32.1 Å². The van der Waals surface area contributed by atoms with E-state index in [0.29, 0.717) is 13.2 Å². The van der Waals surface area contributed by atoms with Crippen LogP contribution in [0.2, 0.25) is 0 Å². The van der Waals surface area contributed by atoms with Crippen LogP contribution in [0.4, 0.5) is 0 Å². The van der Waals surface area contributed by atoms with Crippen LogP contribution in [0.3, 0.4) is 0 Å². The van der Waals surface area contributed by atoms with Gasteiger partial charge < -0.3 is 28.4 Å². The van der Waals surface area contributed by atoms with E-state index in [0.717, 1.165) is 122 Å². The van der Waals surface area contributed by atoms with Crippen LogP contribution in [0.1, 0.15) is 32.1 Å². The van der Waals surface area contributed by atoms with Crippen LogP contribution in [0.25, 0.3) is 0 Å². The summed E-state index contributed by atoms with van der Waals surface area (Å²) in [5.41, 5.74) is 0. The second kappa shape index (κ2) is 23.1. The number of hydrogen-bond acceptors (Lipinski definition) is 12. The quantitative estimate of drug-likeness (QED) is 0.124. The zero-order chi connectivity index (χ0) is 28.6. The molecule has 0 atom stereocenters. The monoisotopic (exact) mass is 556 g/mol. The van der Waals surface area contributed by atoms with Crippen molar-refractivity contribution in [2.24, 2.45) is 0 Å². The summed E-state index contributed by atoms with van der Waals surface area (Å²) < 4.78 is 29.2. The van der Waals surface area contributed by atoms with Crippen molar-refractivity contribution in [3.05, 3.63) is 24.3 Å². The first-order chi connectivity index (χ1) is 18.9. The first-order valence-corrected chi connectivity index (χ1v) is 13.4. The molecule has 0 unspecified atom stereocenters. The number of nitrogens with zero attached hydrogens (tertiary/aromatic N) is 2. The fourth-order valence-corrected chi connectivity index (χ4v) is 3.55. The maximum atomic E-state index is 11.2. The van der Waals surface area contributed by atoms with E-state index in [1.165, 1.54) is 14.2 Å². The molecule has 2 aliphatic heterocycles. The van der Waals surface area contributed by atoms with Gasteiger partial charge in [-0.3, -0.25) is 9.80 Å². The fraction of sp³-hybridized carbons (Fsp3) is 0.704. The zero-order valence-electron chi connectivity index (χ0n) is 23.3. The number of ether oxygens (including phenoxy) is 6. The summed E-state index contributed by atoms with van der Waals surface area (Å²) in [4.78, 5) is 48.6. The Morgan fingerprint density at radius 2 is 0.923 bits per heavy atom. The Morgan fingerprint density at radius 1 is 0.564 bits per heavy atom. The maximum absolute atomic E-state index is 11.2. The number of carbonyl (C=O) groups is 4. The van der Waals surface area contributed by atoms with E-state index in [1.54, 1.807) is 0 Å². The van der Waals surface area contributed by atoms with Gasteiger partial charge in [0, 0.05) is 50.5 Å². The van der Waals surface area contributed by atoms with Crippen molar-refractivity contribution in [2.75, 3.05) is 93.1 Å². The zero-order valence-corrected chi connectivity index (χ0v) is 23.3. The lowest BCUT2D eigenvalue weighted by Crippen LogP contribution is -2.36. The third-order valence-corrected chi connectivity index (χ3v) is 5.80. The van der Waals surface area contributed by atoms with Gasteiger partial charge in [0.2, 0.25) is 0 Å². The van der Waals surface area contributed by atoms with Crippen LogP contribution in [0.5, 0.6) is 0 Å². The molecule has 0 N–H and O–H groups in total. The van der Waals surface area contributed by atoms with Crippen molar-refractivity contribution in [3.8, 4) is 0 Å². The number of carbonyl (C=O) groups excluding carboxylic acids is 4. The molecule has 222 valence electrons. The predicted molar refractivity (Wildman–Crippen MR) is 142 cm³/mol. The number of esters is 4. The molecule has 0 radical (unpaired) electrons. The molecular weight excluding hydrogens is 512 g/mol. The molecule has 0 aromatic carbocycles. The van der Waals surface area contributed by atoms with Gasteiger partial charge in [-0.05, 0) is 45.2 Å². The average molecular weight is 557 g/mol. The van der Waals surface area contributed by atoms with Crippen molar-refractivity contribution in [1.82, 2.24) is 9.80 Å². The van der Waals surface area contributed by atoms with Crippen molar-refractivity contribution < 1.29 is 47.6 Å². The van der Waals surface area contributed by atoms with Gasteiger partial charge >= 0.3 is 23.9 Å². The maximum Gasteiger partial charge on any atom is 0.331 e. The minimum absolute atomic E-state index is 0.370. The Labute approximate surface area is 231 Å². The molecule has 0 bridgehead atoms. The highest BCUT2D eigenvalue weighted by molar-refractivity contribution is 5.92. The summed E-state index contributed by atoms with van der Waals surface area (Å²) in [6.45, 7) is 10.0. The minimum Gasteiger partial charge on any atom is -0.466 e. The lowest BCUT2D eigenvalue weighted by Gasteiger charge is -2.26. The van der Waals surface area contributed by atoms with E-state index in [9.17, 15) is 19.2 Å². The number of unbranched alkanes of at least 4 members (excludes halogenated alkanes) is 3. The first kappa shape index (κ1) is 34.2. The molecule has 2 saturated heterocycles. The molecule has 0 aromatic heterocycles. The highest BCUT2D eigenvalue weighted by Crippen LogP contribution is 2.03. The van der Waals surface area contributed by atoms with Gasteiger partial charge in [-0.15, -0.1) is 0 Å². The predicted octanol–water partition coefficient (Wildman–Crippen LogP) is 1.13. The second-order valence-electron chi connectivity index (χ2n) is 8.72. The van der Waals surface area contributed by atoms with E-state index < -0.39 is 23.9 Å². The van der Waals surface area contributed by atoms with Gasteiger partial charge in [-0.1, -0.05) is 0 Å². The van der Waals surface area contributed by atoms with Gasteiger partial charge in [0.15, 0.2) is 0 Å². The number of hydrogen-bond donors (Lipinski definition) is 0. The topological polar surface area (TPSA) is 130 Å². The van der Waals surface area contributed by atoms with E-state index in [2.05, 4.69) is 19.3 Å². The second-order valence-corrected chi connectivity index (χ2v) is 8.72. The summed E-state index contributed by atoms with van der Waals surface area (Å²) in [7, 11) is 2.51. The van der Waals surface area contributed by atoms with Crippen LogP contribution in [0.15, 0.2) is 24.3 Å². The van der Waals surface area contributed by atoms with Gasteiger partial charge in [-0.25, -0.2) is 19.2 Å². The minimum atomic E-state index is -0.565. The third-order valence-electron chi connectivity index (χ3n) is 5.80. The smallest absolute Gasteiger partial charge is 0.331 e. The van der Waals surface area contributed by atoms with Crippen molar-refractivity contribution >= 4 is 23.9 Å². The summed E-state index contributed by atoms with van der Waals surface area (Å²) in [6.07, 6.45) is 9.01. The Morgan fingerprint density at radius 3 is 1.33 bits per heavy atom. The largest absolute Gasteiger partial charge is 0.466 e. The molecule has 2 aliphatic rings. The highest BCUT2D eigenvalue weighted by atomic mass is 16.5. The van der Waals surface area contributed by atoms with Crippen LogP contribution < -0.4 is 0 Å². The molecule has 0 amide bonds. The molecule has 39 heavy (non-hydrogen) atoms. The van der Waals surface area contributed by atoms with Crippen molar-refractivity contribution in [3.63, 3.8) is 0 Å². The van der Waals surface area contributed by atoms with E-state index >= 15 is 0 Å².